The van der Waals surface area contributed by atoms with E-state index < -0.39 is 4.92 Å². The van der Waals surface area contributed by atoms with Crippen molar-refractivity contribution in [3.8, 4) is 0 Å². The van der Waals surface area contributed by atoms with Gasteiger partial charge >= 0.3 is 5.82 Å². The SMILES string of the molecule is CCN(CC(C)(C)CN)C(=O)c1ccc([N+](=O)[O-])[nH]1. The van der Waals surface area contributed by atoms with Crippen molar-refractivity contribution in [3.05, 3.63) is 27.9 Å². The van der Waals surface area contributed by atoms with Crippen molar-refractivity contribution in [2.75, 3.05) is 19.6 Å². The summed E-state index contributed by atoms with van der Waals surface area (Å²) in [6, 6.07) is 2.72. The Morgan fingerprint density at radius 2 is 2.16 bits per heavy atom. The van der Waals surface area contributed by atoms with Gasteiger partial charge < -0.3 is 20.7 Å². The number of carbonyl (C=O) groups excluding carboxylic acids is 1. The molecule has 0 aromatic carbocycles. The largest absolute Gasteiger partial charge is 0.358 e. The number of carbonyl (C=O) groups is 1. The first-order valence-corrected chi connectivity index (χ1v) is 6.13. The zero-order valence-electron chi connectivity index (χ0n) is 11.5. The fraction of sp³-hybridized carbons (Fsp3) is 0.583. The van der Waals surface area contributed by atoms with Crippen LogP contribution in [0.3, 0.4) is 0 Å². The van der Waals surface area contributed by atoms with Crippen LogP contribution in [-0.4, -0.2) is 40.3 Å². The third-order valence-electron chi connectivity index (χ3n) is 2.94. The van der Waals surface area contributed by atoms with Gasteiger partial charge in [-0.15, -0.1) is 0 Å². The Morgan fingerprint density at radius 1 is 1.53 bits per heavy atom. The summed E-state index contributed by atoms with van der Waals surface area (Å²) in [6.07, 6.45) is 0. The van der Waals surface area contributed by atoms with E-state index in [1.54, 1.807) is 4.90 Å². The summed E-state index contributed by atoms with van der Waals surface area (Å²) >= 11 is 0. The van der Waals surface area contributed by atoms with Crippen LogP contribution in [0.2, 0.25) is 0 Å². The topological polar surface area (TPSA) is 105 Å². The van der Waals surface area contributed by atoms with E-state index in [2.05, 4.69) is 4.98 Å². The highest BCUT2D eigenvalue weighted by Gasteiger charge is 2.26. The van der Waals surface area contributed by atoms with Gasteiger partial charge in [-0.3, -0.25) is 4.79 Å². The first kappa shape index (κ1) is 15.2. The second-order valence-electron chi connectivity index (χ2n) is 5.20. The summed E-state index contributed by atoms with van der Waals surface area (Å²) in [5.74, 6) is -0.436. The minimum absolute atomic E-state index is 0.183. The third kappa shape index (κ3) is 3.78. The monoisotopic (exact) mass is 268 g/mol. The molecule has 3 N–H and O–H groups in total. The Bertz CT molecular complexity index is 467. The van der Waals surface area contributed by atoms with Crippen molar-refractivity contribution >= 4 is 11.7 Å². The molecule has 1 heterocycles. The lowest BCUT2D eigenvalue weighted by molar-refractivity contribution is -0.389. The van der Waals surface area contributed by atoms with E-state index in [9.17, 15) is 14.9 Å². The number of hydrogen-bond donors (Lipinski definition) is 2. The molecule has 1 rings (SSSR count). The van der Waals surface area contributed by atoms with Gasteiger partial charge in [0.1, 0.15) is 0 Å². The maximum absolute atomic E-state index is 12.2. The summed E-state index contributed by atoms with van der Waals surface area (Å²) in [6.45, 7) is 7.30. The van der Waals surface area contributed by atoms with Crippen molar-refractivity contribution in [2.45, 2.75) is 20.8 Å². The van der Waals surface area contributed by atoms with Crippen LogP contribution in [0, 0.1) is 15.5 Å². The molecule has 0 aliphatic carbocycles. The zero-order valence-corrected chi connectivity index (χ0v) is 11.5. The zero-order chi connectivity index (χ0) is 14.6. The van der Waals surface area contributed by atoms with E-state index >= 15 is 0 Å². The van der Waals surface area contributed by atoms with E-state index in [-0.39, 0.29) is 22.8 Å². The highest BCUT2D eigenvalue weighted by molar-refractivity contribution is 5.92. The van der Waals surface area contributed by atoms with Gasteiger partial charge in [0.25, 0.3) is 5.91 Å². The molecule has 0 fully saturated rings. The Balaban J connectivity index is 2.86. The van der Waals surface area contributed by atoms with Crippen molar-refractivity contribution in [3.63, 3.8) is 0 Å². The summed E-state index contributed by atoms with van der Waals surface area (Å²) in [5, 5.41) is 10.6. The number of nitro groups is 1. The lowest BCUT2D eigenvalue weighted by Gasteiger charge is -2.30. The Hall–Kier alpha value is -1.89. The van der Waals surface area contributed by atoms with E-state index in [4.69, 9.17) is 5.73 Å². The molecule has 0 spiro atoms. The molecule has 0 unspecified atom stereocenters. The van der Waals surface area contributed by atoms with Gasteiger partial charge in [0.2, 0.25) is 0 Å². The molecule has 0 bridgehead atoms. The number of nitrogens with zero attached hydrogens (tertiary/aromatic N) is 2. The number of nitrogens with one attached hydrogen (secondary N) is 1. The molecular formula is C12H20N4O3. The van der Waals surface area contributed by atoms with Crippen LogP contribution < -0.4 is 5.73 Å². The van der Waals surface area contributed by atoms with Gasteiger partial charge in [-0.05, 0) is 29.9 Å². The van der Waals surface area contributed by atoms with Gasteiger partial charge in [0.15, 0.2) is 5.69 Å². The van der Waals surface area contributed by atoms with E-state index in [0.717, 1.165) is 0 Å². The quantitative estimate of drug-likeness (QED) is 0.600. The minimum Gasteiger partial charge on any atom is -0.358 e. The summed E-state index contributed by atoms with van der Waals surface area (Å²) in [5.41, 5.74) is 5.69. The maximum Gasteiger partial charge on any atom is 0.321 e. The van der Waals surface area contributed by atoms with Crippen LogP contribution in [0.25, 0.3) is 0 Å². The number of amides is 1. The van der Waals surface area contributed by atoms with E-state index in [1.165, 1.54) is 12.1 Å². The standard InChI is InChI=1S/C12H20N4O3/c1-4-15(8-12(2,3)7-13)11(17)9-5-6-10(14-9)16(18)19/h5-6,14H,4,7-8,13H2,1-3H3. The summed E-state index contributed by atoms with van der Waals surface area (Å²) in [7, 11) is 0. The van der Waals surface area contributed by atoms with Crippen molar-refractivity contribution < 1.29 is 9.72 Å². The van der Waals surface area contributed by atoms with Crippen LogP contribution in [0.4, 0.5) is 5.82 Å². The molecule has 1 aromatic rings. The molecule has 7 nitrogen and oxygen atoms in total. The highest BCUT2D eigenvalue weighted by atomic mass is 16.6. The first-order valence-electron chi connectivity index (χ1n) is 6.13. The molecule has 0 saturated heterocycles. The fourth-order valence-electron chi connectivity index (χ4n) is 1.69. The van der Waals surface area contributed by atoms with E-state index in [1.807, 2.05) is 20.8 Å². The predicted molar refractivity (Wildman–Crippen MR) is 71.9 cm³/mol. The number of H-pyrrole nitrogens is 1. The molecule has 0 atom stereocenters. The highest BCUT2D eigenvalue weighted by Crippen LogP contribution is 2.18. The molecule has 0 aliphatic rings. The molecule has 1 aromatic heterocycles. The molecule has 19 heavy (non-hydrogen) atoms. The van der Waals surface area contributed by atoms with Gasteiger partial charge in [-0.25, -0.2) is 4.98 Å². The van der Waals surface area contributed by atoms with Gasteiger partial charge in [-0.1, -0.05) is 13.8 Å². The average Bonchev–Trinajstić information content (AvgIpc) is 2.85. The molecule has 0 aliphatic heterocycles. The van der Waals surface area contributed by atoms with Crippen LogP contribution in [-0.2, 0) is 0 Å². The Kier molecular flexibility index (Phi) is 4.66. The van der Waals surface area contributed by atoms with Crippen LogP contribution in [0.5, 0.6) is 0 Å². The maximum atomic E-state index is 12.2. The van der Waals surface area contributed by atoms with Crippen molar-refractivity contribution in [1.82, 2.24) is 9.88 Å². The number of aromatic nitrogens is 1. The van der Waals surface area contributed by atoms with E-state index in [0.29, 0.717) is 19.6 Å². The van der Waals surface area contributed by atoms with Crippen LogP contribution in [0.15, 0.2) is 12.1 Å². The first-order chi connectivity index (χ1) is 8.80. The molecule has 0 saturated carbocycles. The third-order valence-corrected chi connectivity index (χ3v) is 2.94. The number of nitrogens with two attached hydrogens (primary N) is 1. The van der Waals surface area contributed by atoms with Gasteiger partial charge in [-0.2, -0.15) is 0 Å². The predicted octanol–water partition coefficient (Wildman–Crippen LogP) is 1.37. The normalized spacial score (nSPS) is 11.4. The Morgan fingerprint density at radius 3 is 2.58 bits per heavy atom. The lowest BCUT2D eigenvalue weighted by atomic mass is 9.93. The summed E-state index contributed by atoms with van der Waals surface area (Å²) in [4.78, 5) is 26.4. The lowest BCUT2D eigenvalue weighted by Crippen LogP contribution is -2.42. The fourth-order valence-corrected chi connectivity index (χ4v) is 1.69. The van der Waals surface area contributed by atoms with Crippen molar-refractivity contribution in [1.29, 1.82) is 0 Å². The van der Waals surface area contributed by atoms with Crippen LogP contribution >= 0.6 is 0 Å². The minimum atomic E-state index is -0.559. The molecular weight excluding hydrogens is 248 g/mol. The van der Waals surface area contributed by atoms with Gasteiger partial charge in [0.05, 0.1) is 0 Å². The van der Waals surface area contributed by atoms with Crippen LogP contribution in [0.1, 0.15) is 31.3 Å². The molecule has 0 radical (unpaired) electrons. The van der Waals surface area contributed by atoms with Crippen molar-refractivity contribution in [2.24, 2.45) is 11.1 Å². The average molecular weight is 268 g/mol. The van der Waals surface area contributed by atoms with Gasteiger partial charge in [0, 0.05) is 19.2 Å². The molecule has 1 amide bonds. The molecule has 7 heteroatoms. The smallest absolute Gasteiger partial charge is 0.321 e. The molecule has 106 valence electrons. The number of rotatable bonds is 6. The summed E-state index contributed by atoms with van der Waals surface area (Å²) < 4.78 is 0. The Labute approximate surface area is 111 Å². The number of aromatic amines is 1. The second-order valence-corrected chi connectivity index (χ2v) is 5.20. The number of hydrogen-bond acceptors (Lipinski definition) is 4. The second kappa shape index (κ2) is 5.83.